The third kappa shape index (κ3) is 3.98. The van der Waals surface area contributed by atoms with Gasteiger partial charge in [0.05, 0.1) is 7.11 Å². The number of rotatable bonds is 4. The summed E-state index contributed by atoms with van der Waals surface area (Å²) >= 11 is 0. The maximum absolute atomic E-state index is 11.6. The van der Waals surface area contributed by atoms with E-state index in [-0.39, 0.29) is 16.6 Å². The Kier molecular flexibility index (Phi) is 5.08. The number of carbonyl (C=O) groups is 1. The minimum atomic E-state index is -3.81. The molecule has 122 valence electrons. The van der Waals surface area contributed by atoms with Crippen LogP contribution < -0.4 is 9.88 Å². The van der Waals surface area contributed by atoms with Crippen LogP contribution in [0, 0.1) is 5.92 Å². The van der Waals surface area contributed by atoms with E-state index in [0.29, 0.717) is 5.92 Å². The van der Waals surface area contributed by atoms with Gasteiger partial charge < -0.3 is 9.64 Å². The topological polar surface area (TPSA) is 89.7 Å². The van der Waals surface area contributed by atoms with Gasteiger partial charge in [-0.05, 0) is 42.9 Å². The predicted molar refractivity (Wildman–Crippen MR) is 83.0 cm³/mol. The first-order valence-electron chi connectivity index (χ1n) is 7.26. The molecule has 1 heterocycles. The van der Waals surface area contributed by atoms with E-state index < -0.39 is 10.0 Å². The van der Waals surface area contributed by atoms with Gasteiger partial charge in [0.1, 0.15) is 10.6 Å². The highest BCUT2D eigenvalue weighted by molar-refractivity contribution is 7.89. The van der Waals surface area contributed by atoms with Gasteiger partial charge >= 0.3 is 0 Å². The molecule has 0 atom stereocenters. The predicted octanol–water partition coefficient (Wildman–Crippen LogP) is 1.14. The van der Waals surface area contributed by atoms with Crippen LogP contribution in [0.1, 0.15) is 25.3 Å². The quantitative estimate of drug-likeness (QED) is 0.898. The van der Waals surface area contributed by atoms with Crippen LogP contribution in [0.25, 0.3) is 0 Å². The second kappa shape index (κ2) is 6.66. The molecule has 1 saturated heterocycles. The largest absolute Gasteiger partial charge is 0.495 e. The molecule has 1 fully saturated rings. The van der Waals surface area contributed by atoms with Gasteiger partial charge in [-0.15, -0.1) is 0 Å². The molecule has 2 N–H and O–H groups in total. The van der Waals surface area contributed by atoms with E-state index in [9.17, 15) is 13.2 Å². The lowest BCUT2D eigenvalue weighted by molar-refractivity contribution is -0.130. The van der Waals surface area contributed by atoms with E-state index in [1.54, 1.807) is 19.1 Å². The van der Waals surface area contributed by atoms with E-state index in [4.69, 9.17) is 9.88 Å². The van der Waals surface area contributed by atoms with Crippen molar-refractivity contribution < 1.29 is 17.9 Å². The van der Waals surface area contributed by atoms with Crippen LogP contribution in [0.5, 0.6) is 5.75 Å². The number of nitrogens with zero attached hydrogens (tertiary/aromatic N) is 1. The Bertz CT molecular complexity index is 650. The molecule has 1 aromatic rings. The summed E-state index contributed by atoms with van der Waals surface area (Å²) in [5.74, 6) is 0.814. The molecule has 6 nitrogen and oxygen atoms in total. The van der Waals surface area contributed by atoms with Gasteiger partial charge in [-0.25, -0.2) is 13.6 Å². The number of benzene rings is 1. The lowest BCUT2D eigenvalue weighted by Gasteiger charge is -2.31. The zero-order valence-electron chi connectivity index (χ0n) is 12.9. The fourth-order valence-electron chi connectivity index (χ4n) is 2.86. The molecule has 22 heavy (non-hydrogen) atoms. The minimum absolute atomic E-state index is 0.0219. The van der Waals surface area contributed by atoms with Crippen molar-refractivity contribution in [3.8, 4) is 5.75 Å². The summed E-state index contributed by atoms with van der Waals surface area (Å²) in [6.45, 7) is 3.11. The molecular formula is C15H22N2O4S. The minimum Gasteiger partial charge on any atom is -0.495 e. The molecule has 7 heteroatoms. The Balaban J connectivity index is 2.10. The van der Waals surface area contributed by atoms with Crippen LogP contribution in [0.15, 0.2) is 23.1 Å². The summed E-state index contributed by atoms with van der Waals surface area (Å²) in [6, 6.07) is 5.09. The summed E-state index contributed by atoms with van der Waals surface area (Å²) < 4.78 is 28.3. The van der Waals surface area contributed by atoms with Gasteiger partial charge in [-0.3, -0.25) is 4.79 Å². The van der Waals surface area contributed by atoms with Crippen molar-refractivity contribution >= 4 is 15.9 Å². The lowest BCUT2D eigenvalue weighted by atomic mass is 9.90. The lowest BCUT2D eigenvalue weighted by Crippen LogP contribution is -2.37. The van der Waals surface area contributed by atoms with Gasteiger partial charge in [0.25, 0.3) is 0 Å². The van der Waals surface area contributed by atoms with Crippen molar-refractivity contribution in [1.82, 2.24) is 4.90 Å². The summed E-state index contributed by atoms with van der Waals surface area (Å²) in [6.07, 6.45) is 2.63. The maximum atomic E-state index is 11.6. The van der Waals surface area contributed by atoms with Crippen LogP contribution in [0.4, 0.5) is 0 Å². The number of ether oxygens (including phenoxy) is 1. The normalized spacial score (nSPS) is 16.6. The van der Waals surface area contributed by atoms with Crippen LogP contribution in [-0.4, -0.2) is 39.4 Å². The number of methoxy groups -OCH3 is 1. The molecule has 1 aliphatic rings. The van der Waals surface area contributed by atoms with Crippen molar-refractivity contribution in [1.29, 1.82) is 0 Å². The monoisotopic (exact) mass is 326 g/mol. The average molecular weight is 326 g/mol. The zero-order valence-corrected chi connectivity index (χ0v) is 13.7. The third-order valence-corrected chi connectivity index (χ3v) is 5.05. The standard InChI is InChI=1S/C15H22N2O4S/c1-11(18)17-7-5-12(6-8-17)9-13-3-4-14(21-2)15(10-13)22(16,19)20/h3-4,10,12H,5-9H2,1-2H3,(H2,16,19,20). The molecule has 0 unspecified atom stereocenters. The first-order valence-corrected chi connectivity index (χ1v) is 8.81. The number of nitrogens with two attached hydrogens (primary N) is 1. The third-order valence-electron chi connectivity index (χ3n) is 4.12. The molecule has 0 spiro atoms. The van der Waals surface area contributed by atoms with Gasteiger partial charge in [-0.2, -0.15) is 0 Å². The number of sulfonamides is 1. The van der Waals surface area contributed by atoms with Gasteiger partial charge in [-0.1, -0.05) is 6.07 Å². The number of likely N-dealkylation sites (tertiary alicyclic amines) is 1. The Morgan fingerprint density at radius 2 is 2.00 bits per heavy atom. The number of amides is 1. The van der Waals surface area contributed by atoms with Crippen LogP contribution in [0.2, 0.25) is 0 Å². The highest BCUT2D eigenvalue weighted by Crippen LogP contribution is 2.27. The first kappa shape index (κ1) is 16.8. The molecule has 0 radical (unpaired) electrons. The molecular weight excluding hydrogens is 304 g/mol. The average Bonchev–Trinajstić information content (AvgIpc) is 2.47. The fraction of sp³-hybridized carbons (Fsp3) is 0.533. The van der Waals surface area contributed by atoms with Gasteiger partial charge in [0.15, 0.2) is 0 Å². The van der Waals surface area contributed by atoms with Crippen molar-refractivity contribution in [2.24, 2.45) is 11.1 Å². The van der Waals surface area contributed by atoms with E-state index in [2.05, 4.69) is 0 Å². The molecule has 0 saturated carbocycles. The Morgan fingerprint density at radius 1 is 1.36 bits per heavy atom. The summed E-state index contributed by atoms with van der Waals surface area (Å²) in [5, 5.41) is 5.23. The van der Waals surface area contributed by atoms with Crippen molar-refractivity contribution in [3.05, 3.63) is 23.8 Å². The highest BCUT2D eigenvalue weighted by atomic mass is 32.2. The van der Waals surface area contributed by atoms with Crippen molar-refractivity contribution in [2.45, 2.75) is 31.1 Å². The number of primary sulfonamides is 1. The van der Waals surface area contributed by atoms with Crippen LogP contribution in [-0.2, 0) is 21.2 Å². The van der Waals surface area contributed by atoms with Gasteiger partial charge in [0, 0.05) is 20.0 Å². The zero-order chi connectivity index (χ0) is 16.3. The molecule has 0 aromatic heterocycles. The van der Waals surface area contributed by atoms with Crippen LogP contribution in [0.3, 0.4) is 0 Å². The number of piperidine rings is 1. The molecule has 1 aromatic carbocycles. The summed E-state index contributed by atoms with van der Waals surface area (Å²) in [5.41, 5.74) is 0.922. The fourth-order valence-corrected chi connectivity index (χ4v) is 3.60. The summed E-state index contributed by atoms with van der Waals surface area (Å²) in [7, 11) is -2.39. The maximum Gasteiger partial charge on any atom is 0.241 e. The molecule has 1 amide bonds. The number of carbonyl (C=O) groups excluding carboxylic acids is 1. The smallest absolute Gasteiger partial charge is 0.241 e. The molecule has 1 aliphatic heterocycles. The Hall–Kier alpha value is -1.60. The van der Waals surface area contributed by atoms with E-state index in [0.717, 1.165) is 37.9 Å². The van der Waals surface area contributed by atoms with E-state index in [1.165, 1.54) is 7.11 Å². The number of hydrogen-bond acceptors (Lipinski definition) is 4. The van der Waals surface area contributed by atoms with Crippen molar-refractivity contribution in [2.75, 3.05) is 20.2 Å². The molecule has 0 aliphatic carbocycles. The Morgan fingerprint density at radius 3 is 2.50 bits per heavy atom. The van der Waals surface area contributed by atoms with Crippen molar-refractivity contribution in [3.63, 3.8) is 0 Å². The summed E-state index contributed by atoms with van der Waals surface area (Å²) in [4.78, 5) is 13.2. The van der Waals surface area contributed by atoms with E-state index in [1.807, 2.05) is 11.0 Å². The Labute approximate surface area is 131 Å². The second-order valence-corrected chi connectivity index (χ2v) is 7.21. The highest BCUT2D eigenvalue weighted by Gasteiger charge is 2.22. The second-order valence-electron chi connectivity index (χ2n) is 5.68. The number of hydrogen-bond donors (Lipinski definition) is 1. The van der Waals surface area contributed by atoms with E-state index >= 15 is 0 Å². The van der Waals surface area contributed by atoms with Crippen LogP contribution >= 0.6 is 0 Å². The molecule has 2 rings (SSSR count). The SMILES string of the molecule is COc1ccc(CC2CCN(C(C)=O)CC2)cc1S(N)(=O)=O. The first-order chi connectivity index (χ1) is 10.3. The molecule has 0 bridgehead atoms. The van der Waals surface area contributed by atoms with Gasteiger partial charge in [0.2, 0.25) is 15.9 Å².